The fourth-order valence-electron chi connectivity index (χ4n) is 3.32. The van der Waals surface area contributed by atoms with E-state index in [0.29, 0.717) is 26.2 Å². The molecule has 0 bridgehead atoms. The maximum Gasteiger partial charge on any atom is 0.307 e. The minimum Gasteiger partial charge on any atom is -0.469 e. The van der Waals surface area contributed by atoms with Gasteiger partial charge in [0.1, 0.15) is 0 Å². The molecule has 1 aromatic carbocycles. The number of benzene rings is 1. The molecule has 1 aromatic rings. The number of carbonyl (C=O) groups is 3. The van der Waals surface area contributed by atoms with Crippen LogP contribution in [-0.2, 0) is 25.7 Å². The van der Waals surface area contributed by atoms with Crippen LogP contribution in [0.4, 0.5) is 0 Å². The van der Waals surface area contributed by atoms with E-state index in [2.05, 4.69) is 4.74 Å². The van der Waals surface area contributed by atoms with Crippen molar-refractivity contribution in [1.29, 1.82) is 0 Å². The Morgan fingerprint density at radius 1 is 1.26 bits per heavy atom. The Balaban J connectivity index is 1.99. The van der Waals surface area contributed by atoms with Gasteiger partial charge in [0.25, 0.3) is 0 Å². The number of methoxy groups -OCH3 is 1. The highest BCUT2D eigenvalue weighted by Gasteiger charge is 2.36. The molecule has 0 N–H and O–H groups in total. The summed E-state index contributed by atoms with van der Waals surface area (Å²) in [5, 5.41) is 0. The van der Waals surface area contributed by atoms with Crippen molar-refractivity contribution < 1.29 is 19.1 Å². The van der Waals surface area contributed by atoms with E-state index in [1.165, 1.54) is 12.7 Å². The molecule has 0 spiro atoms. The smallest absolute Gasteiger partial charge is 0.307 e. The lowest BCUT2D eigenvalue weighted by atomic mass is 10.1. The lowest BCUT2D eigenvalue weighted by Gasteiger charge is -2.27. The van der Waals surface area contributed by atoms with Crippen LogP contribution in [0.2, 0.25) is 0 Å². The standard InChI is InChI=1S/C21H30N2O4/c1-15(2)12-22(10-9-20(25)27-4)21(26)18-11-19(24)23(14-18)13-17-7-5-16(3)6-8-17/h5-8,15,18H,9-14H2,1-4H3. The van der Waals surface area contributed by atoms with Crippen LogP contribution in [0.15, 0.2) is 24.3 Å². The molecular weight excluding hydrogens is 344 g/mol. The summed E-state index contributed by atoms with van der Waals surface area (Å²) in [4.78, 5) is 40.3. The van der Waals surface area contributed by atoms with Gasteiger partial charge >= 0.3 is 5.97 Å². The molecule has 2 amide bonds. The van der Waals surface area contributed by atoms with Gasteiger partial charge in [0.15, 0.2) is 0 Å². The molecule has 1 unspecified atom stereocenters. The van der Waals surface area contributed by atoms with Gasteiger partial charge in [0.2, 0.25) is 11.8 Å². The fraction of sp³-hybridized carbons (Fsp3) is 0.571. The topological polar surface area (TPSA) is 66.9 Å². The Morgan fingerprint density at radius 2 is 1.93 bits per heavy atom. The van der Waals surface area contributed by atoms with Gasteiger partial charge in [-0.15, -0.1) is 0 Å². The van der Waals surface area contributed by atoms with E-state index < -0.39 is 0 Å². The van der Waals surface area contributed by atoms with Crippen molar-refractivity contribution in [3.63, 3.8) is 0 Å². The quantitative estimate of drug-likeness (QED) is 0.655. The molecule has 6 heteroatoms. The van der Waals surface area contributed by atoms with Gasteiger partial charge in [-0.05, 0) is 18.4 Å². The van der Waals surface area contributed by atoms with Crippen molar-refractivity contribution >= 4 is 17.8 Å². The predicted molar refractivity (Wildman–Crippen MR) is 103 cm³/mol. The average molecular weight is 374 g/mol. The minimum atomic E-state index is -0.348. The summed E-state index contributed by atoms with van der Waals surface area (Å²) in [5.74, 6) is -0.439. The summed E-state index contributed by atoms with van der Waals surface area (Å²) in [6.45, 7) is 7.93. The van der Waals surface area contributed by atoms with Gasteiger partial charge in [-0.2, -0.15) is 0 Å². The lowest BCUT2D eigenvalue weighted by molar-refractivity contribution is -0.142. The molecule has 6 nitrogen and oxygen atoms in total. The summed E-state index contributed by atoms with van der Waals surface area (Å²) in [6, 6.07) is 8.07. The fourth-order valence-corrected chi connectivity index (χ4v) is 3.32. The summed E-state index contributed by atoms with van der Waals surface area (Å²) in [5.41, 5.74) is 2.24. The van der Waals surface area contributed by atoms with Gasteiger partial charge in [-0.25, -0.2) is 0 Å². The normalized spacial score (nSPS) is 16.7. The molecule has 148 valence electrons. The second-order valence-electron chi connectivity index (χ2n) is 7.67. The molecule has 27 heavy (non-hydrogen) atoms. The molecular formula is C21H30N2O4. The van der Waals surface area contributed by atoms with Crippen LogP contribution in [0.3, 0.4) is 0 Å². The van der Waals surface area contributed by atoms with Crippen molar-refractivity contribution in [2.45, 2.75) is 40.2 Å². The zero-order chi connectivity index (χ0) is 20.0. The molecule has 1 heterocycles. The second kappa shape index (κ2) is 9.53. The Hall–Kier alpha value is -2.37. The molecule has 1 atom stereocenters. The highest BCUT2D eigenvalue weighted by molar-refractivity contribution is 5.89. The molecule has 2 rings (SSSR count). The number of nitrogens with zero attached hydrogens (tertiary/aromatic N) is 2. The summed E-state index contributed by atoms with van der Waals surface area (Å²) in [7, 11) is 1.34. The SMILES string of the molecule is COC(=O)CCN(CC(C)C)C(=O)C1CC(=O)N(Cc2ccc(C)cc2)C1. The number of amides is 2. The Labute approximate surface area is 161 Å². The van der Waals surface area contributed by atoms with Crippen molar-refractivity contribution in [3.8, 4) is 0 Å². The first-order valence-corrected chi connectivity index (χ1v) is 9.49. The van der Waals surface area contributed by atoms with Crippen LogP contribution in [0, 0.1) is 18.8 Å². The summed E-state index contributed by atoms with van der Waals surface area (Å²) in [6.07, 6.45) is 0.403. The van der Waals surface area contributed by atoms with Gasteiger partial charge in [-0.1, -0.05) is 43.7 Å². The Morgan fingerprint density at radius 3 is 2.52 bits per heavy atom. The van der Waals surface area contributed by atoms with Crippen molar-refractivity contribution in [1.82, 2.24) is 9.80 Å². The molecule has 0 aromatic heterocycles. The highest BCUT2D eigenvalue weighted by Crippen LogP contribution is 2.23. The molecule has 1 aliphatic heterocycles. The molecule has 1 aliphatic rings. The Kier molecular flexibility index (Phi) is 7.39. The van der Waals surface area contributed by atoms with Gasteiger partial charge < -0.3 is 14.5 Å². The third-order valence-electron chi connectivity index (χ3n) is 4.77. The average Bonchev–Trinajstić information content (AvgIpc) is 2.99. The largest absolute Gasteiger partial charge is 0.469 e. The van der Waals surface area contributed by atoms with Crippen LogP contribution in [-0.4, -0.2) is 54.3 Å². The van der Waals surface area contributed by atoms with Crippen molar-refractivity contribution in [3.05, 3.63) is 35.4 Å². The van der Waals surface area contributed by atoms with Crippen LogP contribution in [0.25, 0.3) is 0 Å². The maximum absolute atomic E-state index is 13.0. The van der Waals surface area contributed by atoms with Gasteiger partial charge in [-0.3, -0.25) is 14.4 Å². The molecule has 0 saturated carbocycles. The van der Waals surface area contributed by atoms with E-state index in [1.54, 1.807) is 9.80 Å². The first-order valence-electron chi connectivity index (χ1n) is 9.49. The van der Waals surface area contributed by atoms with E-state index in [1.807, 2.05) is 45.0 Å². The van der Waals surface area contributed by atoms with E-state index in [0.717, 1.165) is 5.56 Å². The number of rotatable bonds is 8. The summed E-state index contributed by atoms with van der Waals surface area (Å²) < 4.78 is 4.68. The zero-order valence-electron chi connectivity index (χ0n) is 16.7. The number of hydrogen-bond acceptors (Lipinski definition) is 4. The molecule has 0 radical (unpaired) electrons. The van der Waals surface area contributed by atoms with Crippen LogP contribution < -0.4 is 0 Å². The van der Waals surface area contributed by atoms with E-state index in [4.69, 9.17) is 0 Å². The lowest BCUT2D eigenvalue weighted by Crippen LogP contribution is -2.40. The number of hydrogen-bond donors (Lipinski definition) is 0. The number of esters is 1. The minimum absolute atomic E-state index is 0.00592. The second-order valence-corrected chi connectivity index (χ2v) is 7.67. The van der Waals surface area contributed by atoms with Crippen LogP contribution in [0.1, 0.15) is 37.8 Å². The predicted octanol–water partition coefficient (Wildman–Crippen LogP) is 2.39. The van der Waals surface area contributed by atoms with E-state index in [-0.39, 0.29) is 42.5 Å². The van der Waals surface area contributed by atoms with Gasteiger partial charge in [0, 0.05) is 32.6 Å². The van der Waals surface area contributed by atoms with E-state index in [9.17, 15) is 14.4 Å². The summed E-state index contributed by atoms with van der Waals surface area (Å²) >= 11 is 0. The van der Waals surface area contributed by atoms with Crippen LogP contribution >= 0.6 is 0 Å². The first kappa shape index (κ1) is 20.9. The molecule has 1 saturated heterocycles. The molecule has 1 fully saturated rings. The van der Waals surface area contributed by atoms with Crippen LogP contribution in [0.5, 0.6) is 0 Å². The third-order valence-corrected chi connectivity index (χ3v) is 4.77. The number of ether oxygens (including phenoxy) is 1. The molecule has 0 aliphatic carbocycles. The van der Waals surface area contributed by atoms with Gasteiger partial charge in [0.05, 0.1) is 19.4 Å². The zero-order valence-corrected chi connectivity index (χ0v) is 16.7. The first-order chi connectivity index (χ1) is 12.8. The number of likely N-dealkylation sites (tertiary alicyclic amines) is 1. The van der Waals surface area contributed by atoms with E-state index >= 15 is 0 Å². The van der Waals surface area contributed by atoms with Crippen molar-refractivity contribution in [2.75, 3.05) is 26.7 Å². The Bertz CT molecular complexity index is 669. The monoisotopic (exact) mass is 374 g/mol. The van der Waals surface area contributed by atoms with Crippen molar-refractivity contribution in [2.24, 2.45) is 11.8 Å². The number of carbonyl (C=O) groups excluding carboxylic acids is 3. The third kappa shape index (κ3) is 6.08. The maximum atomic E-state index is 13.0. The number of aryl methyl sites for hydroxylation is 1. The highest BCUT2D eigenvalue weighted by atomic mass is 16.5.